The van der Waals surface area contributed by atoms with Gasteiger partial charge in [0, 0.05) is 18.5 Å². The normalized spacial score (nSPS) is 11.3. The molecule has 0 atom stereocenters. The van der Waals surface area contributed by atoms with Gasteiger partial charge in [0.05, 0.1) is 13.7 Å². The molecule has 0 saturated heterocycles. The number of benzene rings is 1. The van der Waals surface area contributed by atoms with E-state index in [4.69, 9.17) is 9.15 Å². The minimum Gasteiger partial charge on any atom is -0.465 e. The van der Waals surface area contributed by atoms with E-state index < -0.39 is 5.97 Å². The average Bonchev–Trinajstić information content (AvgIpc) is 3.05. The number of ether oxygens (including phenoxy) is 1. The van der Waals surface area contributed by atoms with Gasteiger partial charge in [0.1, 0.15) is 22.9 Å². The third-order valence-corrected chi connectivity index (χ3v) is 4.82. The monoisotopic (exact) mass is 393 g/mol. The molecule has 0 unspecified atom stereocenters. The lowest BCUT2D eigenvalue weighted by atomic mass is 10.2. The van der Waals surface area contributed by atoms with E-state index in [-0.39, 0.29) is 5.82 Å². The molecule has 0 spiro atoms. The zero-order valence-corrected chi connectivity index (χ0v) is 16.5. The first kappa shape index (κ1) is 20.8. The zero-order chi connectivity index (χ0) is 19.6. The number of furan rings is 1. The van der Waals surface area contributed by atoms with Crippen LogP contribution in [0.25, 0.3) is 0 Å². The van der Waals surface area contributed by atoms with Crippen molar-refractivity contribution in [1.82, 2.24) is 10.6 Å². The second kappa shape index (κ2) is 10.6. The number of halogens is 1. The number of carbonyl (C=O) groups excluding carboxylic acids is 1. The second-order valence-corrected chi connectivity index (χ2v) is 6.85. The highest BCUT2D eigenvalue weighted by molar-refractivity contribution is 7.99. The minimum absolute atomic E-state index is 0.221. The number of esters is 1. The van der Waals surface area contributed by atoms with Crippen molar-refractivity contribution in [2.45, 2.75) is 24.8 Å². The second-order valence-electron chi connectivity index (χ2n) is 5.68. The van der Waals surface area contributed by atoms with E-state index in [2.05, 4.69) is 15.6 Å². The SMILES string of the molecule is CN=C(NCCCSc1ccc(F)cc1)NCc1cc(C(=O)OC)c(C)o1. The molecule has 0 aliphatic carbocycles. The number of carbonyl (C=O) groups is 1. The Kier molecular flexibility index (Phi) is 8.19. The van der Waals surface area contributed by atoms with Gasteiger partial charge in [0.2, 0.25) is 0 Å². The van der Waals surface area contributed by atoms with E-state index in [1.54, 1.807) is 43.9 Å². The maximum Gasteiger partial charge on any atom is 0.341 e. The summed E-state index contributed by atoms with van der Waals surface area (Å²) in [7, 11) is 3.03. The summed E-state index contributed by atoms with van der Waals surface area (Å²) in [6, 6.07) is 8.16. The van der Waals surface area contributed by atoms with Crippen LogP contribution in [0.3, 0.4) is 0 Å². The molecule has 146 valence electrons. The van der Waals surface area contributed by atoms with Crippen molar-refractivity contribution >= 4 is 23.7 Å². The number of methoxy groups -OCH3 is 1. The molecule has 2 rings (SSSR count). The molecule has 27 heavy (non-hydrogen) atoms. The fraction of sp³-hybridized carbons (Fsp3) is 0.368. The Bertz CT molecular complexity index is 775. The summed E-state index contributed by atoms with van der Waals surface area (Å²) in [6.45, 7) is 2.88. The fourth-order valence-electron chi connectivity index (χ4n) is 2.33. The quantitative estimate of drug-likeness (QED) is 0.235. The van der Waals surface area contributed by atoms with Crippen LogP contribution in [-0.2, 0) is 11.3 Å². The number of aryl methyl sites for hydroxylation is 1. The molecule has 2 aromatic rings. The van der Waals surface area contributed by atoms with Crippen molar-refractivity contribution < 1.29 is 18.3 Å². The Morgan fingerprint density at radius 1 is 1.30 bits per heavy atom. The summed E-state index contributed by atoms with van der Waals surface area (Å²) >= 11 is 1.68. The molecule has 2 N–H and O–H groups in total. The lowest BCUT2D eigenvalue weighted by Gasteiger charge is -2.10. The molecule has 1 aromatic heterocycles. The molecular weight excluding hydrogens is 369 g/mol. The molecule has 1 aromatic carbocycles. The molecular formula is C19H24FN3O3S. The summed E-state index contributed by atoms with van der Waals surface area (Å²) in [6.07, 6.45) is 0.926. The number of guanidine groups is 1. The molecule has 0 aliphatic rings. The van der Waals surface area contributed by atoms with Gasteiger partial charge >= 0.3 is 5.97 Å². The van der Waals surface area contributed by atoms with Crippen LogP contribution in [0.5, 0.6) is 0 Å². The summed E-state index contributed by atoms with van der Waals surface area (Å²) in [5.41, 5.74) is 0.426. The topological polar surface area (TPSA) is 75.9 Å². The highest BCUT2D eigenvalue weighted by Gasteiger charge is 2.15. The Morgan fingerprint density at radius 3 is 2.70 bits per heavy atom. The molecule has 1 heterocycles. The van der Waals surface area contributed by atoms with E-state index >= 15 is 0 Å². The van der Waals surface area contributed by atoms with E-state index in [1.165, 1.54) is 19.2 Å². The van der Waals surface area contributed by atoms with Gasteiger partial charge in [-0.3, -0.25) is 4.99 Å². The predicted molar refractivity (Wildman–Crippen MR) is 105 cm³/mol. The Labute approximate surface area is 162 Å². The van der Waals surface area contributed by atoms with Crippen molar-refractivity contribution in [3.63, 3.8) is 0 Å². The summed E-state index contributed by atoms with van der Waals surface area (Å²) in [5.74, 6) is 2.08. The molecule has 6 nitrogen and oxygen atoms in total. The van der Waals surface area contributed by atoms with Gasteiger partial charge in [-0.15, -0.1) is 11.8 Å². The first-order valence-corrected chi connectivity index (χ1v) is 9.52. The average molecular weight is 393 g/mol. The van der Waals surface area contributed by atoms with E-state index in [0.29, 0.717) is 29.6 Å². The highest BCUT2D eigenvalue weighted by atomic mass is 32.2. The van der Waals surface area contributed by atoms with Crippen molar-refractivity contribution in [1.29, 1.82) is 0 Å². The number of aliphatic imine (C=N–C) groups is 1. The van der Waals surface area contributed by atoms with Crippen molar-refractivity contribution in [3.8, 4) is 0 Å². The minimum atomic E-state index is -0.413. The van der Waals surface area contributed by atoms with E-state index in [1.807, 2.05) is 0 Å². The first-order valence-electron chi connectivity index (χ1n) is 8.54. The van der Waals surface area contributed by atoms with Crippen LogP contribution >= 0.6 is 11.8 Å². The fourth-order valence-corrected chi connectivity index (χ4v) is 3.19. The van der Waals surface area contributed by atoms with E-state index in [0.717, 1.165) is 23.6 Å². The van der Waals surface area contributed by atoms with Crippen LogP contribution < -0.4 is 10.6 Å². The molecule has 0 fully saturated rings. The van der Waals surface area contributed by atoms with Crippen molar-refractivity contribution in [3.05, 3.63) is 53.2 Å². The number of thioether (sulfide) groups is 1. The number of nitrogens with zero attached hydrogens (tertiary/aromatic N) is 1. The number of nitrogens with one attached hydrogen (secondary N) is 2. The van der Waals surface area contributed by atoms with Gasteiger partial charge in [0.25, 0.3) is 0 Å². The van der Waals surface area contributed by atoms with Gasteiger partial charge in [0.15, 0.2) is 5.96 Å². The van der Waals surface area contributed by atoms with Gasteiger partial charge in [-0.1, -0.05) is 0 Å². The predicted octanol–water partition coefficient (Wildman–Crippen LogP) is 3.36. The van der Waals surface area contributed by atoms with Crippen LogP contribution in [0.15, 0.2) is 44.6 Å². The van der Waals surface area contributed by atoms with E-state index in [9.17, 15) is 9.18 Å². The van der Waals surface area contributed by atoms with Crippen LogP contribution in [0, 0.1) is 12.7 Å². The standard InChI is InChI=1S/C19H24FN3O3S/c1-13-17(18(24)25-3)11-15(26-13)12-23-19(21-2)22-9-4-10-27-16-7-5-14(20)6-8-16/h5-8,11H,4,9-10,12H2,1-3H3,(H2,21,22,23). The van der Waals surface area contributed by atoms with Crippen LogP contribution in [-0.4, -0.2) is 38.4 Å². The number of rotatable bonds is 8. The highest BCUT2D eigenvalue weighted by Crippen LogP contribution is 2.18. The van der Waals surface area contributed by atoms with Crippen LogP contribution in [0.4, 0.5) is 4.39 Å². The Morgan fingerprint density at radius 2 is 2.04 bits per heavy atom. The van der Waals surface area contributed by atoms with Crippen molar-refractivity contribution in [2.24, 2.45) is 4.99 Å². The zero-order valence-electron chi connectivity index (χ0n) is 15.7. The molecule has 0 saturated carbocycles. The molecule has 8 heteroatoms. The molecule has 0 amide bonds. The molecule has 0 bridgehead atoms. The molecule has 0 radical (unpaired) electrons. The van der Waals surface area contributed by atoms with Gasteiger partial charge in [-0.2, -0.15) is 0 Å². The first-order chi connectivity index (χ1) is 13.0. The molecule has 0 aliphatic heterocycles. The van der Waals surface area contributed by atoms with Crippen molar-refractivity contribution in [2.75, 3.05) is 26.5 Å². The largest absolute Gasteiger partial charge is 0.465 e. The summed E-state index contributed by atoms with van der Waals surface area (Å²) in [4.78, 5) is 16.8. The number of hydrogen-bond donors (Lipinski definition) is 2. The third-order valence-electron chi connectivity index (χ3n) is 3.72. The lowest BCUT2D eigenvalue weighted by molar-refractivity contribution is 0.0599. The van der Waals surface area contributed by atoms with Gasteiger partial charge in [-0.05, 0) is 49.4 Å². The summed E-state index contributed by atoms with van der Waals surface area (Å²) in [5, 5.41) is 6.37. The Hall–Kier alpha value is -2.48. The number of hydrogen-bond acceptors (Lipinski definition) is 5. The van der Waals surface area contributed by atoms with Crippen LogP contribution in [0.1, 0.15) is 28.3 Å². The smallest absolute Gasteiger partial charge is 0.341 e. The maximum atomic E-state index is 12.9. The third kappa shape index (κ3) is 6.63. The lowest BCUT2D eigenvalue weighted by Crippen LogP contribution is -2.37. The summed E-state index contributed by atoms with van der Waals surface area (Å²) < 4.78 is 23.1. The van der Waals surface area contributed by atoms with Crippen LogP contribution in [0.2, 0.25) is 0 Å². The maximum absolute atomic E-state index is 12.9. The van der Waals surface area contributed by atoms with Gasteiger partial charge in [-0.25, -0.2) is 9.18 Å². The Balaban J connectivity index is 1.70. The van der Waals surface area contributed by atoms with Gasteiger partial charge < -0.3 is 19.8 Å².